The Bertz CT molecular complexity index is 774. The van der Waals surface area contributed by atoms with Gasteiger partial charge in [0.2, 0.25) is 16.0 Å². The van der Waals surface area contributed by atoms with Crippen molar-refractivity contribution >= 4 is 21.7 Å². The number of methoxy groups -OCH3 is 1. The van der Waals surface area contributed by atoms with Crippen LogP contribution in [-0.4, -0.2) is 27.7 Å². The van der Waals surface area contributed by atoms with E-state index in [4.69, 9.17) is 4.74 Å². The van der Waals surface area contributed by atoms with Crippen molar-refractivity contribution in [1.82, 2.24) is 4.72 Å². The number of rotatable bonds is 5. The van der Waals surface area contributed by atoms with E-state index < -0.39 is 10.0 Å². The van der Waals surface area contributed by atoms with E-state index in [9.17, 15) is 8.42 Å². The zero-order valence-corrected chi connectivity index (χ0v) is 13.8. The molecule has 2 aromatic rings. The van der Waals surface area contributed by atoms with Crippen LogP contribution in [0.2, 0.25) is 0 Å². The van der Waals surface area contributed by atoms with Gasteiger partial charge in [-0.1, -0.05) is 36.4 Å². The molecule has 2 rings (SSSR count). The Balaban J connectivity index is 2.22. The molecular formula is C16H19N3O3S. The van der Waals surface area contributed by atoms with Gasteiger partial charge < -0.3 is 10.1 Å². The molecule has 0 spiro atoms. The molecule has 0 aromatic heterocycles. The SMILES string of the molecule is COc1ccccc1CN=C(Nc1ccccc1)NS(C)(=O)=O. The van der Waals surface area contributed by atoms with Crippen molar-refractivity contribution in [2.75, 3.05) is 18.7 Å². The lowest BCUT2D eigenvalue weighted by Crippen LogP contribution is -2.35. The van der Waals surface area contributed by atoms with E-state index in [0.29, 0.717) is 5.75 Å². The van der Waals surface area contributed by atoms with Crippen molar-refractivity contribution in [3.05, 3.63) is 60.2 Å². The van der Waals surface area contributed by atoms with Gasteiger partial charge in [0.15, 0.2) is 0 Å². The van der Waals surface area contributed by atoms with Crippen LogP contribution in [0.3, 0.4) is 0 Å². The second-order valence-electron chi connectivity index (χ2n) is 4.84. The number of hydrogen-bond acceptors (Lipinski definition) is 4. The van der Waals surface area contributed by atoms with E-state index in [1.165, 1.54) is 0 Å². The summed E-state index contributed by atoms with van der Waals surface area (Å²) < 4.78 is 30.7. The van der Waals surface area contributed by atoms with Crippen LogP contribution in [0.5, 0.6) is 5.75 Å². The number of benzene rings is 2. The first kappa shape index (κ1) is 16.8. The number of aliphatic imine (C=N–C) groups is 1. The Hall–Kier alpha value is -2.54. The number of guanidine groups is 1. The molecule has 0 atom stereocenters. The molecule has 0 aliphatic heterocycles. The Morgan fingerprint density at radius 3 is 2.39 bits per heavy atom. The normalized spacial score (nSPS) is 11.8. The topological polar surface area (TPSA) is 79.8 Å². The smallest absolute Gasteiger partial charge is 0.232 e. The van der Waals surface area contributed by atoms with Gasteiger partial charge in [-0.05, 0) is 18.2 Å². The van der Waals surface area contributed by atoms with E-state index in [0.717, 1.165) is 17.5 Å². The van der Waals surface area contributed by atoms with Gasteiger partial charge in [-0.15, -0.1) is 0 Å². The summed E-state index contributed by atoms with van der Waals surface area (Å²) in [5, 5.41) is 2.96. The fourth-order valence-electron chi connectivity index (χ4n) is 1.93. The number of hydrogen-bond donors (Lipinski definition) is 2. The number of anilines is 1. The predicted molar refractivity (Wildman–Crippen MR) is 92.2 cm³/mol. The van der Waals surface area contributed by atoms with E-state index in [-0.39, 0.29) is 12.5 Å². The summed E-state index contributed by atoms with van der Waals surface area (Å²) in [5.41, 5.74) is 1.60. The van der Waals surface area contributed by atoms with Gasteiger partial charge in [0.05, 0.1) is 19.9 Å². The molecule has 0 radical (unpaired) electrons. The quantitative estimate of drug-likeness (QED) is 0.649. The lowest BCUT2D eigenvalue weighted by atomic mass is 10.2. The standard InChI is InChI=1S/C16H19N3O3S/c1-22-15-11-7-6-8-13(15)12-17-16(19-23(2,20)21)18-14-9-4-3-5-10-14/h3-11H,12H2,1-2H3,(H2,17,18,19). The maximum Gasteiger partial charge on any atom is 0.232 e. The molecule has 2 aromatic carbocycles. The molecule has 2 N–H and O–H groups in total. The minimum atomic E-state index is -3.44. The lowest BCUT2D eigenvalue weighted by Gasteiger charge is -2.12. The fourth-order valence-corrected chi connectivity index (χ4v) is 2.40. The predicted octanol–water partition coefficient (Wildman–Crippen LogP) is 2.21. The molecule has 0 saturated carbocycles. The van der Waals surface area contributed by atoms with Gasteiger partial charge in [-0.3, -0.25) is 4.72 Å². The Morgan fingerprint density at radius 2 is 1.74 bits per heavy atom. The zero-order valence-electron chi connectivity index (χ0n) is 13.0. The lowest BCUT2D eigenvalue weighted by molar-refractivity contribution is 0.410. The average molecular weight is 333 g/mol. The molecule has 0 fully saturated rings. The van der Waals surface area contributed by atoms with Crippen molar-refractivity contribution < 1.29 is 13.2 Å². The molecule has 0 heterocycles. The summed E-state index contributed by atoms with van der Waals surface area (Å²) in [7, 11) is -1.85. The Morgan fingerprint density at radius 1 is 1.09 bits per heavy atom. The first-order chi connectivity index (χ1) is 11.0. The van der Waals surface area contributed by atoms with Crippen molar-refractivity contribution in [2.45, 2.75) is 6.54 Å². The third kappa shape index (κ3) is 5.63. The van der Waals surface area contributed by atoms with E-state index in [1.807, 2.05) is 54.6 Å². The molecule has 7 heteroatoms. The van der Waals surface area contributed by atoms with E-state index in [1.54, 1.807) is 7.11 Å². The van der Waals surface area contributed by atoms with Gasteiger partial charge in [-0.2, -0.15) is 0 Å². The van der Waals surface area contributed by atoms with Gasteiger partial charge in [0, 0.05) is 11.3 Å². The maximum absolute atomic E-state index is 11.5. The summed E-state index contributed by atoms with van der Waals surface area (Å²) in [4.78, 5) is 4.32. The summed E-state index contributed by atoms with van der Waals surface area (Å²) in [6, 6.07) is 16.7. The summed E-state index contributed by atoms with van der Waals surface area (Å²) in [6.45, 7) is 0.279. The number of nitrogens with zero attached hydrogens (tertiary/aromatic N) is 1. The van der Waals surface area contributed by atoms with Crippen molar-refractivity contribution in [2.24, 2.45) is 4.99 Å². The van der Waals surface area contributed by atoms with Crippen LogP contribution in [-0.2, 0) is 16.6 Å². The van der Waals surface area contributed by atoms with Crippen LogP contribution >= 0.6 is 0 Å². The second kappa shape index (κ2) is 7.64. The highest BCUT2D eigenvalue weighted by Crippen LogP contribution is 2.18. The third-order valence-corrected chi connectivity index (χ3v) is 3.48. The summed E-state index contributed by atoms with van der Waals surface area (Å²) >= 11 is 0. The number of para-hydroxylation sites is 2. The summed E-state index contributed by atoms with van der Waals surface area (Å²) in [6.07, 6.45) is 1.08. The van der Waals surface area contributed by atoms with E-state index in [2.05, 4.69) is 15.0 Å². The molecule has 23 heavy (non-hydrogen) atoms. The summed E-state index contributed by atoms with van der Waals surface area (Å²) in [5.74, 6) is 0.860. The zero-order chi connectivity index (χ0) is 16.7. The van der Waals surface area contributed by atoms with Crippen LogP contribution in [0, 0.1) is 0 Å². The number of nitrogens with one attached hydrogen (secondary N) is 2. The fraction of sp³-hybridized carbons (Fsp3) is 0.188. The van der Waals surface area contributed by atoms with Crippen LogP contribution in [0.1, 0.15) is 5.56 Å². The van der Waals surface area contributed by atoms with E-state index >= 15 is 0 Å². The van der Waals surface area contributed by atoms with Crippen LogP contribution < -0.4 is 14.8 Å². The Labute approximate surface area is 136 Å². The molecule has 0 amide bonds. The molecule has 0 aliphatic rings. The first-order valence-corrected chi connectivity index (χ1v) is 8.83. The molecule has 0 bridgehead atoms. The molecule has 0 aliphatic carbocycles. The first-order valence-electron chi connectivity index (χ1n) is 6.94. The van der Waals surface area contributed by atoms with Crippen LogP contribution in [0.4, 0.5) is 5.69 Å². The van der Waals surface area contributed by atoms with Gasteiger partial charge in [0.1, 0.15) is 5.75 Å². The van der Waals surface area contributed by atoms with Crippen molar-refractivity contribution in [3.63, 3.8) is 0 Å². The minimum absolute atomic E-state index is 0.157. The Kier molecular flexibility index (Phi) is 5.59. The highest BCUT2D eigenvalue weighted by Gasteiger charge is 2.08. The molecule has 0 saturated heterocycles. The number of ether oxygens (including phenoxy) is 1. The van der Waals surface area contributed by atoms with Crippen molar-refractivity contribution in [3.8, 4) is 5.75 Å². The molecule has 122 valence electrons. The maximum atomic E-state index is 11.5. The van der Waals surface area contributed by atoms with Gasteiger partial charge >= 0.3 is 0 Å². The highest BCUT2D eigenvalue weighted by atomic mass is 32.2. The van der Waals surface area contributed by atoms with Crippen molar-refractivity contribution in [1.29, 1.82) is 0 Å². The largest absolute Gasteiger partial charge is 0.496 e. The monoisotopic (exact) mass is 333 g/mol. The molecule has 6 nitrogen and oxygen atoms in total. The van der Waals surface area contributed by atoms with Gasteiger partial charge in [-0.25, -0.2) is 13.4 Å². The highest BCUT2D eigenvalue weighted by molar-refractivity contribution is 7.89. The number of sulfonamides is 1. The van der Waals surface area contributed by atoms with Gasteiger partial charge in [0.25, 0.3) is 0 Å². The minimum Gasteiger partial charge on any atom is -0.496 e. The van der Waals surface area contributed by atoms with Crippen LogP contribution in [0.15, 0.2) is 59.6 Å². The second-order valence-corrected chi connectivity index (χ2v) is 6.59. The van der Waals surface area contributed by atoms with Crippen LogP contribution in [0.25, 0.3) is 0 Å². The average Bonchev–Trinajstić information content (AvgIpc) is 2.52. The molecular weight excluding hydrogens is 314 g/mol. The molecule has 0 unspecified atom stereocenters. The third-order valence-electron chi connectivity index (χ3n) is 2.92.